The van der Waals surface area contributed by atoms with Crippen molar-refractivity contribution in [3.8, 4) is 17.0 Å². The van der Waals surface area contributed by atoms with Gasteiger partial charge >= 0.3 is 5.97 Å². The number of aliphatic carboxylic acids is 1. The molecule has 41 heavy (non-hydrogen) atoms. The number of hydrogen-bond donors (Lipinski definition) is 1. The molecule has 1 aromatic carbocycles. The lowest BCUT2D eigenvalue weighted by atomic mass is 9.82. The SMILES string of the molecule is Cc1nc(OCCc2cccc(F)c2)ccc1-c1cnc(C)c([C@H](OC(C)(C)C)C(=O)O)c1N1CCC(C)(C)CC1. The van der Waals surface area contributed by atoms with Gasteiger partial charge in [0.1, 0.15) is 5.82 Å². The first-order valence-corrected chi connectivity index (χ1v) is 14.2. The maximum atomic E-state index is 13.5. The first kappa shape index (κ1) is 30.4. The van der Waals surface area contributed by atoms with Gasteiger partial charge in [0.05, 0.1) is 17.9 Å². The van der Waals surface area contributed by atoms with Crippen molar-refractivity contribution < 1.29 is 23.8 Å². The van der Waals surface area contributed by atoms with Crippen LogP contribution in [0.4, 0.5) is 10.1 Å². The normalized spacial score (nSPS) is 16.0. The van der Waals surface area contributed by atoms with Crippen LogP contribution >= 0.6 is 0 Å². The number of carbonyl (C=O) groups is 1. The Morgan fingerprint density at radius 3 is 2.41 bits per heavy atom. The number of halogens is 1. The second-order valence-corrected chi connectivity index (χ2v) is 12.6. The van der Waals surface area contributed by atoms with Gasteiger partial charge in [-0.15, -0.1) is 0 Å². The van der Waals surface area contributed by atoms with E-state index in [9.17, 15) is 14.3 Å². The van der Waals surface area contributed by atoms with Crippen LogP contribution in [0, 0.1) is 25.1 Å². The summed E-state index contributed by atoms with van der Waals surface area (Å²) in [6, 6.07) is 10.3. The number of aryl methyl sites for hydroxylation is 2. The minimum Gasteiger partial charge on any atom is -0.479 e. The molecular formula is C33H42FN3O4. The van der Waals surface area contributed by atoms with Gasteiger partial charge < -0.3 is 19.5 Å². The summed E-state index contributed by atoms with van der Waals surface area (Å²) >= 11 is 0. The first-order chi connectivity index (χ1) is 19.2. The van der Waals surface area contributed by atoms with Crippen molar-refractivity contribution in [2.75, 3.05) is 24.6 Å². The van der Waals surface area contributed by atoms with Crippen molar-refractivity contribution in [2.45, 2.75) is 79.4 Å². The Labute approximate surface area is 242 Å². The average molecular weight is 564 g/mol. The maximum absolute atomic E-state index is 13.5. The zero-order chi connectivity index (χ0) is 29.9. The summed E-state index contributed by atoms with van der Waals surface area (Å²) in [5.41, 5.74) is 4.88. The van der Waals surface area contributed by atoms with Crippen molar-refractivity contribution in [2.24, 2.45) is 5.41 Å². The molecule has 0 radical (unpaired) electrons. The number of rotatable bonds is 9. The van der Waals surface area contributed by atoms with Gasteiger partial charge in [-0.1, -0.05) is 26.0 Å². The van der Waals surface area contributed by atoms with Gasteiger partial charge in [-0.05, 0) is 76.6 Å². The largest absolute Gasteiger partial charge is 0.479 e. The smallest absolute Gasteiger partial charge is 0.337 e. The van der Waals surface area contributed by atoms with E-state index >= 15 is 0 Å². The standard InChI is InChI=1S/C33H42FN3O4/c1-21-25(11-12-27(36-21)40-18-13-23-9-8-10-24(34)19-23)26-20-35-22(2)28(30(31(38)39)41-32(3,4)5)29(26)37-16-14-33(6,7)15-17-37/h8-12,19-20,30H,13-18H2,1-7H3,(H,38,39)/t30-/m0/s1. The molecule has 1 atom stereocenters. The summed E-state index contributed by atoms with van der Waals surface area (Å²) in [7, 11) is 0. The Morgan fingerprint density at radius 1 is 1.10 bits per heavy atom. The summed E-state index contributed by atoms with van der Waals surface area (Å²) in [4.78, 5) is 24.3. The molecule has 0 bridgehead atoms. The van der Waals surface area contributed by atoms with Crippen LogP contribution < -0.4 is 9.64 Å². The predicted octanol–water partition coefficient (Wildman–Crippen LogP) is 7.09. The third-order valence-corrected chi connectivity index (χ3v) is 7.56. The number of carboxylic acid groups (broad SMARTS) is 1. The van der Waals surface area contributed by atoms with Crippen LogP contribution in [0.1, 0.15) is 76.1 Å². The highest BCUT2D eigenvalue weighted by atomic mass is 19.1. The van der Waals surface area contributed by atoms with Crippen LogP contribution in [0.5, 0.6) is 5.88 Å². The number of carboxylic acids is 1. The van der Waals surface area contributed by atoms with E-state index in [0.29, 0.717) is 30.2 Å². The first-order valence-electron chi connectivity index (χ1n) is 14.2. The van der Waals surface area contributed by atoms with Gasteiger partial charge in [-0.25, -0.2) is 14.2 Å². The van der Waals surface area contributed by atoms with E-state index < -0.39 is 17.7 Å². The Bertz CT molecular complexity index is 1390. The van der Waals surface area contributed by atoms with Gasteiger partial charge in [0.25, 0.3) is 0 Å². The number of pyridine rings is 2. The lowest BCUT2D eigenvalue weighted by Gasteiger charge is -2.41. The molecule has 2 aromatic heterocycles. The van der Waals surface area contributed by atoms with Gasteiger partial charge in [0, 0.05) is 59.9 Å². The zero-order valence-electron chi connectivity index (χ0n) is 25.3. The third-order valence-electron chi connectivity index (χ3n) is 7.56. The average Bonchev–Trinajstić information content (AvgIpc) is 2.87. The summed E-state index contributed by atoms with van der Waals surface area (Å²) < 4.78 is 25.5. The van der Waals surface area contributed by atoms with Crippen molar-refractivity contribution in [1.29, 1.82) is 0 Å². The zero-order valence-corrected chi connectivity index (χ0v) is 25.3. The topological polar surface area (TPSA) is 84.8 Å². The fourth-order valence-electron chi connectivity index (χ4n) is 5.25. The second kappa shape index (κ2) is 12.1. The van der Waals surface area contributed by atoms with Crippen molar-refractivity contribution in [3.05, 3.63) is 70.9 Å². The molecule has 1 aliphatic rings. The van der Waals surface area contributed by atoms with Crippen molar-refractivity contribution >= 4 is 11.7 Å². The van der Waals surface area contributed by atoms with E-state index in [1.165, 1.54) is 12.1 Å². The predicted molar refractivity (Wildman–Crippen MR) is 159 cm³/mol. The molecular weight excluding hydrogens is 521 g/mol. The Hall–Kier alpha value is -3.52. The lowest BCUT2D eigenvalue weighted by molar-refractivity contribution is -0.160. The molecule has 7 nitrogen and oxygen atoms in total. The summed E-state index contributed by atoms with van der Waals surface area (Å²) in [6.45, 7) is 15.8. The van der Waals surface area contributed by atoms with Crippen LogP contribution in [-0.2, 0) is 16.0 Å². The number of nitrogens with zero attached hydrogens (tertiary/aromatic N) is 3. The molecule has 3 aromatic rings. The molecule has 0 amide bonds. The molecule has 4 rings (SSSR count). The maximum Gasteiger partial charge on any atom is 0.337 e. The van der Waals surface area contributed by atoms with E-state index in [4.69, 9.17) is 14.5 Å². The summed E-state index contributed by atoms with van der Waals surface area (Å²) in [6.07, 6.45) is 3.18. The van der Waals surface area contributed by atoms with Crippen LogP contribution in [0.25, 0.3) is 11.1 Å². The van der Waals surface area contributed by atoms with E-state index in [-0.39, 0.29) is 11.2 Å². The van der Waals surface area contributed by atoms with Gasteiger partial charge in [0.15, 0.2) is 6.10 Å². The summed E-state index contributed by atoms with van der Waals surface area (Å²) in [5.74, 6) is -0.834. The van der Waals surface area contributed by atoms with E-state index in [1.54, 1.807) is 6.07 Å². The second-order valence-electron chi connectivity index (χ2n) is 12.6. The Balaban J connectivity index is 1.72. The number of hydrogen-bond acceptors (Lipinski definition) is 6. The van der Waals surface area contributed by atoms with Gasteiger partial charge in [0.2, 0.25) is 5.88 Å². The quantitative estimate of drug-likeness (QED) is 0.298. The molecule has 0 unspecified atom stereocenters. The number of aromatic nitrogens is 2. The molecule has 220 valence electrons. The molecule has 1 fully saturated rings. The van der Waals surface area contributed by atoms with Gasteiger partial charge in [-0.3, -0.25) is 4.98 Å². The highest BCUT2D eigenvalue weighted by molar-refractivity contribution is 5.87. The third kappa shape index (κ3) is 7.61. The van der Waals surface area contributed by atoms with E-state index in [2.05, 4.69) is 23.7 Å². The fraction of sp³-hybridized carbons (Fsp3) is 0.485. The molecule has 1 N–H and O–H groups in total. The molecule has 0 aliphatic carbocycles. The summed E-state index contributed by atoms with van der Waals surface area (Å²) in [5, 5.41) is 10.3. The Morgan fingerprint density at radius 2 is 1.80 bits per heavy atom. The monoisotopic (exact) mass is 563 g/mol. The number of piperidine rings is 1. The van der Waals surface area contributed by atoms with Crippen LogP contribution in [-0.4, -0.2) is 46.3 Å². The number of ether oxygens (including phenoxy) is 2. The highest BCUT2D eigenvalue weighted by Crippen LogP contribution is 2.44. The van der Waals surface area contributed by atoms with Crippen molar-refractivity contribution in [1.82, 2.24) is 9.97 Å². The molecule has 8 heteroatoms. The Kier molecular flexibility index (Phi) is 9.02. The van der Waals surface area contributed by atoms with Crippen LogP contribution in [0.15, 0.2) is 42.6 Å². The van der Waals surface area contributed by atoms with E-state index in [0.717, 1.165) is 54.0 Å². The van der Waals surface area contributed by atoms with Crippen LogP contribution in [0.2, 0.25) is 0 Å². The van der Waals surface area contributed by atoms with E-state index in [1.807, 2.05) is 59.0 Å². The molecule has 3 heterocycles. The minimum absolute atomic E-state index is 0.217. The molecule has 0 spiro atoms. The van der Waals surface area contributed by atoms with Crippen molar-refractivity contribution in [3.63, 3.8) is 0 Å². The number of benzene rings is 1. The van der Waals surface area contributed by atoms with Crippen LogP contribution in [0.3, 0.4) is 0 Å². The minimum atomic E-state index is -1.17. The lowest BCUT2D eigenvalue weighted by Crippen LogP contribution is -2.39. The molecule has 1 aliphatic heterocycles. The molecule has 0 saturated carbocycles. The van der Waals surface area contributed by atoms with Gasteiger partial charge in [-0.2, -0.15) is 0 Å². The number of anilines is 1. The molecule has 1 saturated heterocycles. The fourth-order valence-corrected chi connectivity index (χ4v) is 5.25. The highest BCUT2D eigenvalue weighted by Gasteiger charge is 2.36.